The molecule has 0 spiro atoms. The van der Waals surface area contributed by atoms with E-state index in [0.717, 1.165) is 32.5 Å². The van der Waals surface area contributed by atoms with Crippen LogP contribution >= 0.6 is 0 Å². The zero-order valence-corrected chi connectivity index (χ0v) is 8.51. The molecule has 1 heterocycles. The summed E-state index contributed by atoms with van der Waals surface area (Å²) in [6, 6.07) is 0. The first-order valence-electron chi connectivity index (χ1n) is 4.94. The molecule has 0 radical (unpaired) electrons. The summed E-state index contributed by atoms with van der Waals surface area (Å²) in [6.07, 6.45) is 1.80. The minimum Gasteiger partial charge on any atom is -0.393 e. The summed E-state index contributed by atoms with van der Waals surface area (Å²) in [6.45, 7) is 9.96. The van der Waals surface area contributed by atoms with Crippen molar-refractivity contribution in [1.29, 1.82) is 0 Å². The highest BCUT2D eigenvalue weighted by molar-refractivity contribution is 4.81. The Hall–Kier alpha value is -0.0800. The highest BCUT2D eigenvalue weighted by atomic mass is 16.3. The summed E-state index contributed by atoms with van der Waals surface area (Å²) in [4.78, 5) is 2.43. The second-order valence-corrected chi connectivity index (χ2v) is 4.68. The fourth-order valence-corrected chi connectivity index (χ4v) is 2.09. The van der Waals surface area contributed by atoms with E-state index < -0.39 is 0 Å². The van der Waals surface area contributed by atoms with Gasteiger partial charge in [-0.2, -0.15) is 0 Å². The van der Waals surface area contributed by atoms with Crippen molar-refractivity contribution in [2.45, 2.75) is 39.7 Å². The van der Waals surface area contributed by atoms with Gasteiger partial charge in [-0.3, -0.25) is 0 Å². The first kappa shape index (κ1) is 10.0. The van der Waals surface area contributed by atoms with Crippen LogP contribution in [0.2, 0.25) is 0 Å². The Bertz CT molecular complexity index is 145. The highest BCUT2D eigenvalue weighted by Gasteiger charge is 2.27. The largest absolute Gasteiger partial charge is 0.393 e. The molecule has 0 bridgehead atoms. The van der Waals surface area contributed by atoms with Crippen LogP contribution in [-0.4, -0.2) is 35.7 Å². The molecular weight excluding hydrogens is 150 g/mol. The van der Waals surface area contributed by atoms with Gasteiger partial charge in [0.2, 0.25) is 0 Å². The van der Waals surface area contributed by atoms with Gasteiger partial charge in [-0.1, -0.05) is 20.8 Å². The van der Waals surface area contributed by atoms with E-state index in [2.05, 4.69) is 25.7 Å². The van der Waals surface area contributed by atoms with Crippen molar-refractivity contribution in [3.8, 4) is 0 Å². The van der Waals surface area contributed by atoms with Crippen molar-refractivity contribution in [1.82, 2.24) is 4.90 Å². The Morgan fingerprint density at radius 2 is 2.17 bits per heavy atom. The number of hydrogen-bond acceptors (Lipinski definition) is 2. The van der Waals surface area contributed by atoms with Crippen molar-refractivity contribution in [2.75, 3.05) is 19.6 Å². The Balaban J connectivity index is 2.56. The third-order valence-electron chi connectivity index (χ3n) is 2.67. The van der Waals surface area contributed by atoms with E-state index in [4.69, 9.17) is 0 Å². The quantitative estimate of drug-likeness (QED) is 0.646. The fraction of sp³-hybridized carbons (Fsp3) is 1.00. The van der Waals surface area contributed by atoms with E-state index in [0.29, 0.717) is 0 Å². The minimum absolute atomic E-state index is 0.0865. The first-order valence-corrected chi connectivity index (χ1v) is 4.94. The molecule has 12 heavy (non-hydrogen) atoms. The molecule has 2 heteroatoms. The van der Waals surface area contributed by atoms with Crippen LogP contribution in [0.25, 0.3) is 0 Å². The molecule has 1 fully saturated rings. The van der Waals surface area contributed by atoms with Crippen molar-refractivity contribution in [3.63, 3.8) is 0 Å². The smallest absolute Gasteiger partial charge is 0.0558 e. The SMILES string of the molecule is CCN1CCC(O)CC(C)(C)C1. The summed E-state index contributed by atoms with van der Waals surface area (Å²) < 4.78 is 0. The molecule has 1 aliphatic heterocycles. The standard InChI is InChI=1S/C10H21NO/c1-4-11-6-5-9(12)7-10(2,3)8-11/h9,12H,4-8H2,1-3H3. The van der Waals surface area contributed by atoms with Gasteiger partial charge in [0.25, 0.3) is 0 Å². The fourth-order valence-electron chi connectivity index (χ4n) is 2.09. The molecule has 0 aromatic heterocycles. The molecule has 0 amide bonds. The maximum Gasteiger partial charge on any atom is 0.0558 e. The molecule has 2 nitrogen and oxygen atoms in total. The van der Waals surface area contributed by atoms with Crippen LogP contribution in [0, 0.1) is 5.41 Å². The summed E-state index contributed by atoms with van der Waals surface area (Å²) in [5.41, 5.74) is 0.284. The average Bonchev–Trinajstić information content (AvgIpc) is 2.07. The zero-order valence-electron chi connectivity index (χ0n) is 8.51. The summed E-state index contributed by atoms with van der Waals surface area (Å²) >= 11 is 0. The average molecular weight is 171 g/mol. The molecule has 1 atom stereocenters. The lowest BCUT2D eigenvalue weighted by Crippen LogP contribution is -2.32. The zero-order chi connectivity index (χ0) is 9.19. The number of likely N-dealkylation sites (tertiary alicyclic amines) is 1. The van der Waals surface area contributed by atoms with Gasteiger partial charge >= 0.3 is 0 Å². The lowest BCUT2D eigenvalue weighted by atomic mass is 9.87. The van der Waals surface area contributed by atoms with E-state index in [1.54, 1.807) is 0 Å². The number of rotatable bonds is 1. The predicted molar refractivity (Wildman–Crippen MR) is 51.1 cm³/mol. The Labute approximate surface area is 75.6 Å². The molecule has 1 rings (SSSR count). The van der Waals surface area contributed by atoms with Gasteiger partial charge in [0.05, 0.1) is 6.10 Å². The molecule has 1 N–H and O–H groups in total. The van der Waals surface area contributed by atoms with Gasteiger partial charge in [-0.05, 0) is 24.8 Å². The van der Waals surface area contributed by atoms with Crippen molar-refractivity contribution >= 4 is 0 Å². The number of aliphatic hydroxyl groups excluding tert-OH is 1. The monoisotopic (exact) mass is 171 g/mol. The van der Waals surface area contributed by atoms with Crippen molar-refractivity contribution in [2.24, 2.45) is 5.41 Å². The van der Waals surface area contributed by atoms with Gasteiger partial charge in [0, 0.05) is 13.1 Å². The number of aliphatic hydroxyl groups is 1. The molecule has 0 aromatic carbocycles. The first-order chi connectivity index (χ1) is 5.53. The second-order valence-electron chi connectivity index (χ2n) is 4.68. The molecule has 72 valence electrons. The lowest BCUT2D eigenvalue weighted by Gasteiger charge is -2.28. The summed E-state index contributed by atoms with van der Waals surface area (Å²) in [5, 5.41) is 9.61. The van der Waals surface area contributed by atoms with Gasteiger partial charge < -0.3 is 10.0 Å². The molecule has 1 unspecified atom stereocenters. The lowest BCUT2D eigenvalue weighted by molar-refractivity contribution is 0.121. The van der Waals surface area contributed by atoms with Crippen LogP contribution in [0.1, 0.15) is 33.6 Å². The van der Waals surface area contributed by atoms with E-state index >= 15 is 0 Å². The van der Waals surface area contributed by atoms with E-state index in [1.165, 1.54) is 0 Å². The Kier molecular flexibility index (Phi) is 3.13. The van der Waals surface area contributed by atoms with E-state index in [9.17, 15) is 5.11 Å². The molecule has 1 saturated heterocycles. The van der Waals surface area contributed by atoms with Crippen molar-refractivity contribution < 1.29 is 5.11 Å². The van der Waals surface area contributed by atoms with Gasteiger partial charge in [0.15, 0.2) is 0 Å². The third kappa shape index (κ3) is 2.76. The Morgan fingerprint density at radius 1 is 1.50 bits per heavy atom. The van der Waals surface area contributed by atoms with Crippen LogP contribution < -0.4 is 0 Å². The van der Waals surface area contributed by atoms with Gasteiger partial charge in [0.1, 0.15) is 0 Å². The van der Waals surface area contributed by atoms with Crippen LogP contribution in [0.15, 0.2) is 0 Å². The van der Waals surface area contributed by atoms with Crippen LogP contribution in [0.5, 0.6) is 0 Å². The normalized spacial score (nSPS) is 31.5. The molecule has 1 aliphatic rings. The topological polar surface area (TPSA) is 23.5 Å². The minimum atomic E-state index is -0.0865. The number of hydrogen-bond donors (Lipinski definition) is 1. The van der Waals surface area contributed by atoms with Gasteiger partial charge in [-0.25, -0.2) is 0 Å². The van der Waals surface area contributed by atoms with Gasteiger partial charge in [-0.15, -0.1) is 0 Å². The van der Waals surface area contributed by atoms with E-state index in [-0.39, 0.29) is 11.5 Å². The van der Waals surface area contributed by atoms with Crippen LogP contribution in [0.3, 0.4) is 0 Å². The maximum absolute atomic E-state index is 9.61. The van der Waals surface area contributed by atoms with Crippen molar-refractivity contribution in [3.05, 3.63) is 0 Å². The van der Waals surface area contributed by atoms with E-state index in [1.807, 2.05) is 0 Å². The number of nitrogens with zero attached hydrogens (tertiary/aromatic N) is 1. The summed E-state index contributed by atoms with van der Waals surface area (Å²) in [5.74, 6) is 0. The molecule has 0 saturated carbocycles. The van der Waals surface area contributed by atoms with Crippen LogP contribution in [0.4, 0.5) is 0 Å². The second kappa shape index (κ2) is 3.75. The Morgan fingerprint density at radius 3 is 2.75 bits per heavy atom. The molecule has 0 aliphatic carbocycles. The summed E-state index contributed by atoms with van der Waals surface area (Å²) in [7, 11) is 0. The maximum atomic E-state index is 9.61. The highest BCUT2D eigenvalue weighted by Crippen LogP contribution is 2.27. The van der Waals surface area contributed by atoms with Crippen LogP contribution in [-0.2, 0) is 0 Å². The predicted octanol–water partition coefficient (Wildman–Crippen LogP) is 1.49. The third-order valence-corrected chi connectivity index (χ3v) is 2.67. The molecular formula is C10H21NO. The molecule has 0 aromatic rings.